The van der Waals surface area contributed by atoms with Crippen molar-refractivity contribution in [1.82, 2.24) is 4.90 Å². The Morgan fingerprint density at radius 3 is 2.70 bits per heavy atom. The molecule has 5 aliphatic rings. The Balaban J connectivity index is 1.57. The number of hydrogen-bond donors (Lipinski definition) is 0. The van der Waals surface area contributed by atoms with Crippen LogP contribution in [0.3, 0.4) is 0 Å². The van der Waals surface area contributed by atoms with Gasteiger partial charge in [-0.15, -0.1) is 0 Å². The minimum Gasteiger partial charge on any atom is -0.309 e. The lowest BCUT2D eigenvalue weighted by Gasteiger charge is -2.53. The smallest absolute Gasteiger partial charge is 0.180 e. The van der Waals surface area contributed by atoms with E-state index in [4.69, 9.17) is 4.99 Å². The molecule has 30 heavy (non-hydrogen) atoms. The Morgan fingerprint density at radius 2 is 1.77 bits per heavy atom. The summed E-state index contributed by atoms with van der Waals surface area (Å²) in [6, 6.07) is 17.6. The van der Waals surface area contributed by atoms with Crippen molar-refractivity contribution in [3.8, 4) is 0 Å². The van der Waals surface area contributed by atoms with Crippen molar-refractivity contribution in [2.75, 3.05) is 0 Å². The number of benzene rings is 2. The highest BCUT2D eigenvalue weighted by atomic mass is 16.1. The molecule has 2 heterocycles. The molecule has 3 heteroatoms. The normalized spacial score (nSPS) is 27.9. The number of nitrogens with zero attached hydrogens (tertiary/aromatic N) is 2. The second-order valence-corrected chi connectivity index (χ2v) is 9.03. The lowest BCUT2D eigenvalue weighted by molar-refractivity contribution is -0.110. The zero-order valence-electron chi connectivity index (χ0n) is 16.8. The lowest BCUT2D eigenvalue weighted by Crippen LogP contribution is -2.51. The van der Waals surface area contributed by atoms with E-state index in [1.54, 1.807) is 12.2 Å². The van der Waals surface area contributed by atoms with E-state index < -0.39 is 5.66 Å². The maximum atomic E-state index is 12.4. The highest BCUT2D eigenvalue weighted by molar-refractivity contribution is 6.21. The van der Waals surface area contributed by atoms with Gasteiger partial charge in [0.15, 0.2) is 11.4 Å². The first-order valence-electron chi connectivity index (χ1n) is 11.0. The zero-order chi connectivity index (χ0) is 19.9. The fourth-order valence-electron chi connectivity index (χ4n) is 6.37. The fourth-order valence-corrected chi connectivity index (χ4v) is 6.37. The van der Waals surface area contributed by atoms with Gasteiger partial charge in [-0.25, -0.2) is 4.99 Å². The van der Waals surface area contributed by atoms with Gasteiger partial charge < -0.3 is 4.90 Å². The summed E-state index contributed by atoms with van der Waals surface area (Å²) in [6.07, 6.45) is 10.9. The van der Waals surface area contributed by atoms with Gasteiger partial charge in [-0.05, 0) is 61.0 Å². The molecule has 0 unspecified atom stereocenters. The number of ketones is 1. The summed E-state index contributed by atoms with van der Waals surface area (Å²) in [5.74, 6) is 0.484. The molecule has 0 aromatic heterocycles. The second-order valence-electron chi connectivity index (χ2n) is 9.03. The number of fused-ring (bicyclic) bond motifs is 6. The van der Waals surface area contributed by atoms with Gasteiger partial charge in [-0.3, -0.25) is 4.79 Å². The van der Waals surface area contributed by atoms with E-state index in [1.165, 1.54) is 33.5 Å². The van der Waals surface area contributed by atoms with Crippen molar-refractivity contribution in [3.05, 3.63) is 100 Å². The first-order valence-corrected chi connectivity index (χ1v) is 11.0. The van der Waals surface area contributed by atoms with Gasteiger partial charge in [0, 0.05) is 23.1 Å². The average molecular weight is 390 g/mol. The molecule has 0 saturated carbocycles. The molecule has 146 valence electrons. The Morgan fingerprint density at radius 1 is 0.933 bits per heavy atom. The molecule has 2 aromatic carbocycles. The third-order valence-corrected chi connectivity index (χ3v) is 7.58. The zero-order valence-corrected chi connectivity index (χ0v) is 16.8. The molecule has 2 atom stereocenters. The van der Waals surface area contributed by atoms with Crippen LogP contribution in [0.5, 0.6) is 0 Å². The van der Waals surface area contributed by atoms with Gasteiger partial charge in [0.25, 0.3) is 0 Å². The van der Waals surface area contributed by atoms with Gasteiger partial charge in [0.2, 0.25) is 0 Å². The van der Waals surface area contributed by atoms with Crippen molar-refractivity contribution >= 4 is 17.2 Å². The van der Waals surface area contributed by atoms with Crippen LogP contribution in [-0.2, 0) is 23.3 Å². The van der Waals surface area contributed by atoms with E-state index >= 15 is 0 Å². The summed E-state index contributed by atoms with van der Waals surface area (Å²) >= 11 is 0. The third kappa shape index (κ3) is 1.95. The largest absolute Gasteiger partial charge is 0.309 e. The Labute approximate surface area is 176 Å². The maximum absolute atomic E-state index is 12.4. The Hall–Kier alpha value is -3.20. The molecule has 0 fully saturated rings. The van der Waals surface area contributed by atoms with E-state index in [9.17, 15) is 4.79 Å². The van der Waals surface area contributed by atoms with Gasteiger partial charge in [0.1, 0.15) is 0 Å². The summed E-state index contributed by atoms with van der Waals surface area (Å²) < 4.78 is 0. The van der Waals surface area contributed by atoms with Crippen molar-refractivity contribution in [2.45, 2.75) is 37.8 Å². The van der Waals surface area contributed by atoms with E-state index in [0.29, 0.717) is 5.92 Å². The van der Waals surface area contributed by atoms with Gasteiger partial charge in [0.05, 0.1) is 17.1 Å². The SMILES string of the molecule is O=C1C=CC2=N[C@@]34c5ccccc5CC[C@H]3CC3=C(c5ccccc5CC3)N4C2=C1. The maximum Gasteiger partial charge on any atom is 0.180 e. The molecular formula is C27H22N2O. The predicted molar refractivity (Wildman–Crippen MR) is 118 cm³/mol. The summed E-state index contributed by atoms with van der Waals surface area (Å²) in [7, 11) is 0. The van der Waals surface area contributed by atoms with Gasteiger partial charge in [-0.2, -0.15) is 0 Å². The van der Waals surface area contributed by atoms with Gasteiger partial charge >= 0.3 is 0 Å². The standard InChI is InChI=1S/C27H22N2O/c30-21-13-14-24-25(16-21)29-26-19(10-9-17-5-1-3-7-22(17)26)15-20-12-11-18-6-2-4-8-23(18)27(20,29)28-24/h1-8,13-14,16,20H,9-12,15H2/t20-,27-/m0/s1. The number of hydrogen-bond acceptors (Lipinski definition) is 3. The summed E-state index contributed by atoms with van der Waals surface area (Å²) in [5, 5.41) is 0. The first kappa shape index (κ1) is 16.6. The summed E-state index contributed by atoms with van der Waals surface area (Å²) in [6.45, 7) is 0. The van der Waals surface area contributed by atoms with E-state index in [1.807, 2.05) is 6.08 Å². The number of allylic oxidation sites excluding steroid dienone is 4. The number of rotatable bonds is 0. The third-order valence-electron chi connectivity index (χ3n) is 7.58. The van der Waals surface area contributed by atoms with Crippen LogP contribution in [-0.4, -0.2) is 16.4 Å². The van der Waals surface area contributed by atoms with Crippen LogP contribution in [0.15, 0.2) is 83.0 Å². The van der Waals surface area contributed by atoms with Crippen LogP contribution in [0.2, 0.25) is 0 Å². The number of aliphatic imine (C=N–C) groups is 1. The fraction of sp³-hybridized carbons (Fsp3) is 0.259. The molecular weight excluding hydrogens is 368 g/mol. The van der Waals surface area contributed by atoms with Crippen molar-refractivity contribution in [2.24, 2.45) is 10.9 Å². The molecule has 0 radical (unpaired) electrons. The monoisotopic (exact) mass is 390 g/mol. The minimum absolute atomic E-state index is 0.0541. The molecule has 2 aliphatic heterocycles. The molecule has 7 rings (SSSR count). The van der Waals surface area contributed by atoms with Crippen LogP contribution in [0.1, 0.15) is 41.5 Å². The molecule has 3 nitrogen and oxygen atoms in total. The molecule has 0 N–H and O–H groups in total. The van der Waals surface area contributed by atoms with E-state index in [-0.39, 0.29) is 5.78 Å². The van der Waals surface area contributed by atoms with Crippen molar-refractivity contribution in [3.63, 3.8) is 0 Å². The van der Waals surface area contributed by atoms with Crippen LogP contribution in [0.4, 0.5) is 0 Å². The van der Waals surface area contributed by atoms with Crippen LogP contribution in [0, 0.1) is 5.92 Å². The molecule has 1 spiro atoms. The molecule has 0 bridgehead atoms. The highest BCUT2D eigenvalue weighted by Crippen LogP contribution is 2.60. The molecule has 0 amide bonds. The number of aryl methyl sites for hydroxylation is 2. The van der Waals surface area contributed by atoms with E-state index in [2.05, 4.69) is 53.4 Å². The topological polar surface area (TPSA) is 32.7 Å². The van der Waals surface area contributed by atoms with Crippen molar-refractivity contribution in [1.29, 1.82) is 0 Å². The Bertz CT molecular complexity index is 1260. The lowest BCUT2D eigenvalue weighted by atomic mass is 9.67. The highest BCUT2D eigenvalue weighted by Gasteiger charge is 2.58. The van der Waals surface area contributed by atoms with Gasteiger partial charge in [-0.1, -0.05) is 48.5 Å². The van der Waals surface area contributed by atoms with Crippen LogP contribution in [0.25, 0.3) is 5.70 Å². The molecule has 3 aliphatic carbocycles. The van der Waals surface area contributed by atoms with Crippen molar-refractivity contribution < 1.29 is 4.79 Å². The predicted octanol–water partition coefficient (Wildman–Crippen LogP) is 4.94. The van der Waals surface area contributed by atoms with E-state index in [0.717, 1.165) is 43.5 Å². The molecule has 2 aromatic rings. The first-order chi connectivity index (χ1) is 14.8. The quantitative estimate of drug-likeness (QED) is 0.597. The minimum atomic E-state index is -0.436. The van der Waals surface area contributed by atoms with Crippen LogP contribution < -0.4 is 0 Å². The summed E-state index contributed by atoms with van der Waals surface area (Å²) in [5.41, 5.74) is 9.77. The summed E-state index contributed by atoms with van der Waals surface area (Å²) in [4.78, 5) is 20.3. The average Bonchev–Trinajstić information content (AvgIpc) is 3.12. The number of carbonyl (C=O) groups excluding carboxylic acids is 1. The number of carbonyl (C=O) groups is 1. The van der Waals surface area contributed by atoms with Crippen LogP contribution >= 0.6 is 0 Å². The molecule has 0 saturated heterocycles. The second kappa shape index (κ2) is 5.69. The Kier molecular flexibility index (Phi) is 3.15.